The van der Waals surface area contributed by atoms with Crippen molar-refractivity contribution in [2.24, 2.45) is 0 Å². The average Bonchev–Trinajstić information content (AvgIpc) is 2.29. The van der Waals surface area contributed by atoms with Crippen LogP contribution in [0.15, 0.2) is 41.3 Å². The first-order valence-electron chi connectivity index (χ1n) is 5.68. The van der Waals surface area contributed by atoms with E-state index in [4.69, 9.17) is 0 Å². The van der Waals surface area contributed by atoms with E-state index >= 15 is 0 Å². The van der Waals surface area contributed by atoms with Gasteiger partial charge in [0, 0.05) is 5.75 Å². The van der Waals surface area contributed by atoms with Gasteiger partial charge in [-0.2, -0.15) is 0 Å². The topological polar surface area (TPSA) is 0 Å². The van der Waals surface area contributed by atoms with Crippen LogP contribution in [0.2, 0.25) is 0 Å². The fourth-order valence-corrected chi connectivity index (χ4v) is 2.61. The number of rotatable bonds is 6. The van der Waals surface area contributed by atoms with Crippen molar-refractivity contribution in [3.63, 3.8) is 0 Å². The first kappa shape index (κ1) is 12.4. The zero-order valence-corrected chi connectivity index (χ0v) is 10.5. The smallest absolute Gasteiger partial charge is 0.00172 e. The molecule has 1 aromatic rings. The monoisotopic (exact) mass is 220 g/mol. The molecule has 0 radical (unpaired) electrons. The average molecular weight is 220 g/mol. The van der Waals surface area contributed by atoms with Crippen LogP contribution >= 0.6 is 11.8 Å². The van der Waals surface area contributed by atoms with E-state index in [1.807, 2.05) is 11.8 Å². The fraction of sp³-hybridized carbons (Fsp3) is 0.429. The molecule has 0 amide bonds. The zero-order valence-electron chi connectivity index (χ0n) is 9.70. The Hall–Kier alpha value is -0.690. The molecular weight excluding hydrogens is 200 g/mol. The van der Waals surface area contributed by atoms with Crippen molar-refractivity contribution in [2.45, 2.75) is 33.1 Å². The third kappa shape index (κ3) is 5.08. The first-order valence-corrected chi connectivity index (χ1v) is 6.67. The van der Waals surface area contributed by atoms with Crippen molar-refractivity contribution in [3.8, 4) is 0 Å². The van der Waals surface area contributed by atoms with Gasteiger partial charge in [0.25, 0.3) is 0 Å². The third-order valence-electron chi connectivity index (χ3n) is 2.34. The molecule has 82 valence electrons. The molecule has 0 bridgehead atoms. The molecule has 1 heteroatoms. The lowest BCUT2D eigenvalue weighted by Crippen LogP contribution is -1.88. The molecule has 15 heavy (non-hydrogen) atoms. The van der Waals surface area contributed by atoms with Crippen LogP contribution in [0.1, 0.15) is 32.3 Å². The molecule has 0 fully saturated rings. The molecule has 0 atom stereocenters. The van der Waals surface area contributed by atoms with Crippen LogP contribution in [0.3, 0.4) is 0 Å². The molecule has 0 aliphatic heterocycles. The van der Waals surface area contributed by atoms with E-state index in [1.165, 1.54) is 35.5 Å². The lowest BCUT2D eigenvalue weighted by atomic mass is 10.2. The third-order valence-corrected chi connectivity index (χ3v) is 3.56. The van der Waals surface area contributed by atoms with Gasteiger partial charge in [-0.25, -0.2) is 0 Å². The largest absolute Gasteiger partial charge is 0.131 e. The minimum atomic E-state index is 1.17. The summed E-state index contributed by atoms with van der Waals surface area (Å²) in [5, 5.41) is 0. The molecule has 0 aromatic heterocycles. The summed E-state index contributed by atoms with van der Waals surface area (Å²) < 4.78 is 0. The summed E-state index contributed by atoms with van der Waals surface area (Å²) in [6.07, 6.45) is 5.90. The second kappa shape index (κ2) is 7.58. The Balaban J connectivity index is 2.27. The molecule has 0 saturated heterocycles. The van der Waals surface area contributed by atoms with E-state index in [0.717, 1.165) is 0 Å². The number of allylic oxidation sites excluding steroid dienone is 2. The van der Waals surface area contributed by atoms with Crippen LogP contribution in [0.25, 0.3) is 0 Å². The first-order chi connectivity index (χ1) is 7.36. The van der Waals surface area contributed by atoms with E-state index in [0.29, 0.717) is 0 Å². The van der Waals surface area contributed by atoms with E-state index in [2.05, 4.69) is 50.3 Å². The fourth-order valence-electron chi connectivity index (χ4n) is 1.49. The summed E-state index contributed by atoms with van der Waals surface area (Å²) in [6.45, 7) is 4.38. The maximum absolute atomic E-state index is 2.25. The SMILES string of the molecule is C/C=C(\CCC)SCCc1ccccc1. The summed E-state index contributed by atoms with van der Waals surface area (Å²) in [5.41, 5.74) is 1.44. The van der Waals surface area contributed by atoms with Crippen molar-refractivity contribution in [2.75, 3.05) is 5.75 Å². The molecular formula is C14H20S. The molecule has 0 heterocycles. The van der Waals surface area contributed by atoms with Crippen molar-refractivity contribution in [1.82, 2.24) is 0 Å². The standard InChI is InChI=1S/C14H20S/c1-3-8-14(4-2)15-12-11-13-9-6-5-7-10-13/h4-7,9-10H,3,8,11-12H2,1-2H3/b14-4+. The molecule has 0 nitrogen and oxygen atoms in total. The van der Waals surface area contributed by atoms with Crippen LogP contribution in [0, 0.1) is 0 Å². The van der Waals surface area contributed by atoms with Crippen molar-refractivity contribution in [3.05, 3.63) is 46.9 Å². The van der Waals surface area contributed by atoms with Gasteiger partial charge in [-0.15, -0.1) is 11.8 Å². The zero-order chi connectivity index (χ0) is 10.9. The van der Waals surface area contributed by atoms with Crippen LogP contribution in [0.5, 0.6) is 0 Å². The Kier molecular flexibility index (Phi) is 6.26. The Morgan fingerprint density at radius 3 is 2.60 bits per heavy atom. The molecule has 0 unspecified atom stereocenters. The minimum absolute atomic E-state index is 1.17. The van der Waals surface area contributed by atoms with Crippen LogP contribution in [-0.4, -0.2) is 5.75 Å². The second-order valence-corrected chi connectivity index (χ2v) is 4.81. The second-order valence-electron chi connectivity index (χ2n) is 3.59. The summed E-state index contributed by atoms with van der Waals surface area (Å²) >= 11 is 2.00. The van der Waals surface area contributed by atoms with Crippen LogP contribution in [-0.2, 0) is 6.42 Å². The number of hydrogen-bond acceptors (Lipinski definition) is 1. The van der Waals surface area contributed by atoms with E-state index < -0.39 is 0 Å². The number of thioether (sulfide) groups is 1. The van der Waals surface area contributed by atoms with Crippen molar-refractivity contribution in [1.29, 1.82) is 0 Å². The van der Waals surface area contributed by atoms with Gasteiger partial charge >= 0.3 is 0 Å². The van der Waals surface area contributed by atoms with Gasteiger partial charge in [-0.3, -0.25) is 0 Å². The summed E-state index contributed by atoms with van der Waals surface area (Å²) in [6, 6.07) is 10.7. The summed E-state index contributed by atoms with van der Waals surface area (Å²) in [5.74, 6) is 1.20. The Morgan fingerprint density at radius 2 is 2.00 bits per heavy atom. The van der Waals surface area contributed by atoms with Crippen LogP contribution in [0.4, 0.5) is 0 Å². The van der Waals surface area contributed by atoms with Gasteiger partial charge in [0.1, 0.15) is 0 Å². The highest BCUT2D eigenvalue weighted by atomic mass is 32.2. The molecule has 0 aliphatic carbocycles. The Morgan fingerprint density at radius 1 is 1.27 bits per heavy atom. The lowest BCUT2D eigenvalue weighted by Gasteiger charge is -2.05. The van der Waals surface area contributed by atoms with Gasteiger partial charge in [0.2, 0.25) is 0 Å². The number of hydrogen-bond donors (Lipinski definition) is 0. The van der Waals surface area contributed by atoms with Crippen molar-refractivity contribution >= 4 is 11.8 Å². The van der Waals surface area contributed by atoms with Gasteiger partial charge in [-0.05, 0) is 30.2 Å². The molecule has 0 spiro atoms. The van der Waals surface area contributed by atoms with Gasteiger partial charge in [0.15, 0.2) is 0 Å². The van der Waals surface area contributed by atoms with E-state index in [9.17, 15) is 0 Å². The summed E-state index contributed by atoms with van der Waals surface area (Å²) in [7, 11) is 0. The summed E-state index contributed by atoms with van der Waals surface area (Å²) in [4.78, 5) is 1.54. The minimum Gasteiger partial charge on any atom is -0.131 e. The molecule has 0 saturated carbocycles. The lowest BCUT2D eigenvalue weighted by molar-refractivity contribution is 0.944. The van der Waals surface area contributed by atoms with E-state index in [-0.39, 0.29) is 0 Å². The maximum atomic E-state index is 2.25. The Bertz CT molecular complexity index is 287. The molecule has 1 rings (SSSR count). The molecule has 0 aliphatic rings. The van der Waals surface area contributed by atoms with Crippen LogP contribution < -0.4 is 0 Å². The van der Waals surface area contributed by atoms with E-state index in [1.54, 1.807) is 0 Å². The Labute approximate surface area is 97.8 Å². The van der Waals surface area contributed by atoms with Crippen molar-refractivity contribution < 1.29 is 0 Å². The molecule has 1 aromatic carbocycles. The maximum Gasteiger partial charge on any atom is 0.00172 e. The highest BCUT2D eigenvalue weighted by Crippen LogP contribution is 2.21. The highest BCUT2D eigenvalue weighted by Gasteiger charge is 1.97. The van der Waals surface area contributed by atoms with Gasteiger partial charge in [-0.1, -0.05) is 49.8 Å². The quantitative estimate of drug-likeness (QED) is 0.671. The predicted molar refractivity (Wildman–Crippen MR) is 71.3 cm³/mol. The normalized spacial score (nSPS) is 11.7. The van der Waals surface area contributed by atoms with Gasteiger partial charge in [0.05, 0.1) is 0 Å². The van der Waals surface area contributed by atoms with Gasteiger partial charge < -0.3 is 0 Å². The predicted octanol–water partition coefficient (Wildman–Crippen LogP) is 4.67. The highest BCUT2D eigenvalue weighted by molar-refractivity contribution is 8.03. The molecule has 0 N–H and O–H groups in total. The number of aryl methyl sites for hydroxylation is 1. The number of benzene rings is 1.